The third-order valence-corrected chi connectivity index (χ3v) is 2.80. The fraction of sp³-hybridized carbons (Fsp3) is 0. The average Bonchev–Trinajstić information content (AvgIpc) is 2.23. The van der Waals surface area contributed by atoms with E-state index in [4.69, 9.17) is 23.2 Å². The lowest BCUT2D eigenvalue weighted by molar-refractivity contribution is -0.384. The number of hydrogen-bond acceptors (Lipinski definition) is 3. The van der Waals surface area contributed by atoms with Gasteiger partial charge in [0, 0.05) is 5.39 Å². The molecule has 0 N–H and O–H groups in total. The second-order valence-corrected chi connectivity index (χ2v) is 3.73. The highest BCUT2D eigenvalue weighted by Gasteiger charge is 2.18. The van der Waals surface area contributed by atoms with Gasteiger partial charge in [-0.15, -0.1) is 0 Å². The highest BCUT2D eigenvalue weighted by atomic mass is 35.5. The van der Waals surface area contributed by atoms with Gasteiger partial charge in [0.1, 0.15) is 22.1 Å². The molecule has 4 nitrogen and oxygen atoms in total. The van der Waals surface area contributed by atoms with E-state index in [2.05, 4.69) is 4.98 Å². The average molecular weight is 261 g/mol. The molecule has 0 fully saturated rings. The van der Waals surface area contributed by atoms with Crippen molar-refractivity contribution in [3.8, 4) is 0 Å². The number of benzene rings is 1. The number of halogens is 3. The lowest BCUT2D eigenvalue weighted by Gasteiger charge is -2.03. The van der Waals surface area contributed by atoms with Crippen LogP contribution in [0, 0.1) is 15.9 Å². The Hall–Kier alpha value is -1.46. The predicted molar refractivity (Wildman–Crippen MR) is 58.4 cm³/mol. The van der Waals surface area contributed by atoms with Crippen molar-refractivity contribution >= 4 is 39.8 Å². The number of fused-ring (bicyclic) bond motifs is 1. The molecule has 82 valence electrons. The van der Waals surface area contributed by atoms with Gasteiger partial charge in [-0.05, 0) is 12.1 Å². The maximum Gasteiger partial charge on any atom is 0.306 e. The maximum atomic E-state index is 13.1. The van der Waals surface area contributed by atoms with Gasteiger partial charge in [0.25, 0.3) is 0 Å². The second-order valence-electron chi connectivity index (χ2n) is 2.97. The van der Waals surface area contributed by atoms with Crippen LogP contribution in [0.4, 0.5) is 10.1 Å². The molecule has 0 aliphatic heterocycles. The van der Waals surface area contributed by atoms with Crippen LogP contribution in [0.2, 0.25) is 10.0 Å². The van der Waals surface area contributed by atoms with Crippen molar-refractivity contribution in [3.05, 3.63) is 44.3 Å². The van der Waals surface area contributed by atoms with Crippen molar-refractivity contribution in [2.24, 2.45) is 0 Å². The minimum atomic E-state index is -0.661. The van der Waals surface area contributed by atoms with Crippen molar-refractivity contribution in [2.45, 2.75) is 0 Å². The van der Waals surface area contributed by atoms with Crippen LogP contribution in [-0.4, -0.2) is 9.91 Å². The normalized spacial score (nSPS) is 10.7. The van der Waals surface area contributed by atoms with Crippen LogP contribution in [0.15, 0.2) is 18.3 Å². The summed E-state index contributed by atoms with van der Waals surface area (Å²) < 4.78 is 13.1. The molecule has 1 heterocycles. The molecular formula is C9H3Cl2FN2O2. The number of rotatable bonds is 1. The third kappa shape index (κ3) is 1.58. The topological polar surface area (TPSA) is 56.0 Å². The summed E-state index contributed by atoms with van der Waals surface area (Å²) in [6.45, 7) is 0. The predicted octanol–water partition coefficient (Wildman–Crippen LogP) is 3.59. The zero-order valence-corrected chi connectivity index (χ0v) is 9.09. The van der Waals surface area contributed by atoms with E-state index in [-0.39, 0.29) is 26.6 Å². The van der Waals surface area contributed by atoms with E-state index in [1.54, 1.807) is 0 Å². The van der Waals surface area contributed by atoms with E-state index in [1.165, 1.54) is 6.07 Å². The summed E-state index contributed by atoms with van der Waals surface area (Å²) in [6.07, 6.45) is 0.954. The molecule has 0 amide bonds. The Morgan fingerprint density at radius 2 is 2.00 bits per heavy atom. The molecule has 0 radical (unpaired) electrons. The van der Waals surface area contributed by atoms with Gasteiger partial charge in [-0.2, -0.15) is 0 Å². The summed E-state index contributed by atoms with van der Waals surface area (Å²) in [7, 11) is 0. The molecular weight excluding hydrogens is 258 g/mol. The number of aromatic nitrogens is 1. The van der Waals surface area contributed by atoms with E-state index in [0.717, 1.165) is 12.3 Å². The molecule has 0 bridgehead atoms. The molecule has 2 rings (SSSR count). The fourth-order valence-corrected chi connectivity index (χ4v) is 1.77. The van der Waals surface area contributed by atoms with Crippen molar-refractivity contribution in [1.82, 2.24) is 4.98 Å². The minimum absolute atomic E-state index is 0.100. The van der Waals surface area contributed by atoms with Gasteiger partial charge < -0.3 is 0 Å². The summed E-state index contributed by atoms with van der Waals surface area (Å²) in [4.78, 5) is 13.7. The molecule has 0 atom stereocenters. The van der Waals surface area contributed by atoms with Crippen molar-refractivity contribution in [3.63, 3.8) is 0 Å². The number of nitro groups is 1. The Labute approximate surface area is 98.8 Å². The molecule has 0 unspecified atom stereocenters. The molecule has 1 aromatic carbocycles. The number of nitrogens with zero attached hydrogens (tertiary/aromatic N) is 2. The monoisotopic (exact) mass is 260 g/mol. The number of hydrogen-bond donors (Lipinski definition) is 0. The van der Waals surface area contributed by atoms with Gasteiger partial charge in [0.05, 0.1) is 10.4 Å². The molecule has 0 spiro atoms. The van der Waals surface area contributed by atoms with Crippen molar-refractivity contribution < 1.29 is 9.31 Å². The van der Waals surface area contributed by atoms with Crippen molar-refractivity contribution in [1.29, 1.82) is 0 Å². The third-order valence-electron chi connectivity index (χ3n) is 2.04. The van der Waals surface area contributed by atoms with Gasteiger partial charge in [-0.1, -0.05) is 23.2 Å². The van der Waals surface area contributed by atoms with Gasteiger partial charge in [-0.25, -0.2) is 9.37 Å². The highest BCUT2D eigenvalue weighted by Crippen LogP contribution is 2.34. The zero-order valence-electron chi connectivity index (χ0n) is 7.58. The highest BCUT2D eigenvalue weighted by molar-refractivity contribution is 6.40. The Morgan fingerprint density at radius 1 is 1.31 bits per heavy atom. The van der Waals surface area contributed by atoms with Crippen molar-refractivity contribution in [2.75, 3.05) is 0 Å². The van der Waals surface area contributed by atoms with Crippen LogP contribution in [0.1, 0.15) is 0 Å². The lowest BCUT2D eigenvalue weighted by atomic mass is 10.2. The second kappa shape index (κ2) is 3.84. The smallest absolute Gasteiger partial charge is 0.258 e. The first kappa shape index (κ1) is 11.0. The molecule has 1 aromatic heterocycles. The summed E-state index contributed by atoms with van der Waals surface area (Å²) in [5.74, 6) is -0.647. The van der Waals surface area contributed by atoms with Crippen LogP contribution < -0.4 is 0 Å². The van der Waals surface area contributed by atoms with E-state index in [0.29, 0.717) is 0 Å². The van der Waals surface area contributed by atoms with Gasteiger partial charge >= 0.3 is 5.69 Å². The molecule has 0 aliphatic carbocycles. The Kier molecular flexibility index (Phi) is 2.65. The lowest BCUT2D eigenvalue weighted by Crippen LogP contribution is -1.93. The minimum Gasteiger partial charge on any atom is -0.258 e. The summed E-state index contributed by atoms with van der Waals surface area (Å²) in [6, 6.07) is 2.39. The fourth-order valence-electron chi connectivity index (χ4n) is 1.29. The van der Waals surface area contributed by atoms with Gasteiger partial charge in [0.2, 0.25) is 0 Å². The van der Waals surface area contributed by atoms with Crippen LogP contribution in [-0.2, 0) is 0 Å². The van der Waals surface area contributed by atoms with Crippen LogP contribution in [0.3, 0.4) is 0 Å². The SMILES string of the molecule is O=[N+]([O-])c1cnc2c(Cl)c(F)ccc2c1Cl. The number of pyridine rings is 1. The molecule has 16 heavy (non-hydrogen) atoms. The first-order valence-electron chi connectivity index (χ1n) is 4.09. The van der Waals surface area contributed by atoms with Crippen LogP contribution in [0.25, 0.3) is 10.9 Å². The first-order chi connectivity index (χ1) is 7.52. The quantitative estimate of drug-likeness (QED) is 0.582. The molecule has 0 saturated heterocycles. The molecule has 0 saturated carbocycles. The Morgan fingerprint density at radius 3 is 2.62 bits per heavy atom. The molecule has 2 aromatic rings. The van der Waals surface area contributed by atoms with Crippen LogP contribution in [0.5, 0.6) is 0 Å². The maximum absolute atomic E-state index is 13.1. The Bertz CT molecular complexity index is 604. The van der Waals surface area contributed by atoms with E-state index >= 15 is 0 Å². The largest absolute Gasteiger partial charge is 0.306 e. The zero-order chi connectivity index (χ0) is 11.9. The van der Waals surface area contributed by atoms with Gasteiger partial charge in [-0.3, -0.25) is 10.1 Å². The van der Waals surface area contributed by atoms with Crippen LogP contribution >= 0.6 is 23.2 Å². The molecule has 7 heteroatoms. The summed E-state index contributed by atoms with van der Waals surface area (Å²) in [5.41, 5.74) is -0.228. The molecule has 0 aliphatic rings. The standard InChI is InChI=1S/C9H3Cl2FN2O2/c10-7-4-1-2-5(12)8(11)9(4)13-3-6(7)14(15)16/h1-3H. The van der Waals surface area contributed by atoms with E-state index in [9.17, 15) is 14.5 Å². The van der Waals surface area contributed by atoms with E-state index in [1.807, 2.05) is 0 Å². The van der Waals surface area contributed by atoms with Gasteiger partial charge in [0.15, 0.2) is 0 Å². The first-order valence-corrected chi connectivity index (χ1v) is 4.84. The van der Waals surface area contributed by atoms with E-state index < -0.39 is 10.7 Å². The summed E-state index contributed by atoms with van der Waals surface area (Å²) >= 11 is 11.5. The summed E-state index contributed by atoms with van der Waals surface area (Å²) in [5, 5.41) is 10.5. The Balaban J connectivity index is 2.87.